The number of rotatable bonds is 21. The van der Waals surface area contributed by atoms with E-state index < -0.39 is 147 Å². The van der Waals surface area contributed by atoms with E-state index in [2.05, 4.69) is 5.32 Å². The predicted octanol–water partition coefficient (Wildman–Crippen LogP) is 0.473. The van der Waals surface area contributed by atoms with E-state index in [1.807, 2.05) is 37.3 Å². The number of allylic oxidation sites excluding steroid dienone is 12. The SMILES string of the molecule is COCCOCCOCCOCCOCCOCCNC(=O)[C@H]1[C@@H]2C[C@@H](O[C@@H]3O[C@H](C)[C@@H](O)[C@H](N)[C@@H]3O)C=CC=CC=CC=CC=CC=CC=C[C@H](C)[C@@H](O)[C@H](C)[C@H](C)OC(=O)C[C@H](O)C[C@H](O)[C@@H](O)CC[C@H](O)C[C@H](O)C[C@](O)(C[C@@H]1O)O2. The molecule has 0 aromatic rings. The quantitative estimate of drug-likeness (QED) is 0.0549. The number of amides is 1. The molecule has 3 rings (SSSR count). The maximum Gasteiger partial charge on any atom is 0.308 e. The molecule has 3 heterocycles. The van der Waals surface area contributed by atoms with Gasteiger partial charge in [0, 0.05) is 51.2 Å². The minimum atomic E-state index is -2.28. The maximum atomic E-state index is 14.1. The average molecular weight is 1200 g/mol. The van der Waals surface area contributed by atoms with Gasteiger partial charge >= 0.3 is 5.97 Å². The Morgan fingerprint density at radius 2 is 1.12 bits per heavy atom. The van der Waals surface area contributed by atoms with Crippen LogP contribution in [0.3, 0.4) is 0 Å². The third-order valence-corrected chi connectivity index (χ3v) is 14.5. The Bertz CT molecular complexity index is 2010. The molecular weight excluding hydrogens is 1100 g/mol. The van der Waals surface area contributed by atoms with Crippen molar-refractivity contribution in [3.63, 3.8) is 0 Å². The molecule has 0 aromatic heterocycles. The monoisotopic (exact) mass is 1200 g/mol. The van der Waals surface area contributed by atoms with E-state index >= 15 is 0 Å². The van der Waals surface area contributed by atoms with Crippen LogP contribution in [0.5, 0.6) is 0 Å². The molecule has 84 heavy (non-hydrogen) atoms. The molecule has 24 nitrogen and oxygen atoms in total. The zero-order valence-electron chi connectivity index (χ0n) is 49.6. The summed E-state index contributed by atoms with van der Waals surface area (Å²) in [6, 6.07) is -1.15. The number of nitrogens with two attached hydrogens (primary N) is 1. The van der Waals surface area contributed by atoms with Gasteiger partial charge in [-0.25, -0.2) is 0 Å². The van der Waals surface area contributed by atoms with Gasteiger partial charge in [-0.1, -0.05) is 98.9 Å². The summed E-state index contributed by atoms with van der Waals surface area (Å²) in [5.41, 5.74) is 6.15. The number of esters is 1. The van der Waals surface area contributed by atoms with Crippen LogP contribution in [-0.2, 0) is 57.0 Å². The van der Waals surface area contributed by atoms with E-state index in [4.69, 9.17) is 53.1 Å². The predicted molar refractivity (Wildman–Crippen MR) is 308 cm³/mol. The number of methoxy groups -OCH3 is 1. The molecule has 2 fully saturated rings. The minimum Gasteiger partial charge on any atom is -0.462 e. The molecule has 3 aliphatic rings. The van der Waals surface area contributed by atoms with Crippen molar-refractivity contribution in [1.29, 1.82) is 0 Å². The van der Waals surface area contributed by atoms with Crippen LogP contribution >= 0.6 is 0 Å². The number of cyclic esters (lactones) is 1. The van der Waals surface area contributed by atoms with E-state index in [1.165, 1.54) is 0 Å². The number of carbonyl (C=O) groups excluding carboxylic acids is 2. The fourth-order valence-corrected chi connectivity index (χ4v) is 9.48. The number of hydrogen-bond donors (Lipinski definition) is 12. The fraction of sp³-hybridized carbons (Fsp3) is 0.733. The van der Waals surface area contributed by atoms with Gasteiger partial charge in [-0.3, -0.25) is 9.59 Å². The molecule has 0 spiro atoms. The number of hydrogen-bond acceptors (Lipinski definition) is 23. The average Bonchev–Trinajstić information content (AvgIpc) is 1.77. The highest BCUT2D eigenvalue weighted by Crippen LogP contribution is 2.38. The molecule has 13 N–H and O–H groups in total. The van der Waals surface area contributed by atoms with Crippen molar-refractivity contribution in [2.45, 2.75) is 177 Å². The van der Waals surface area contributed by atoms with Gasteiger partial charge in [0.1, 0.15) is 12.2 Å². The first-order valence-electron chi connectivity index (χ1n) is 29.3. The van der Waals surface area contributed by atoms with Gasteiger partial charge in [0.25, 0.3) is 0 Å². The Hall–Kier alpha value is -3.68. The van der Waals surface area contributed by atoms with Gasteiger partial charge < -0.3 is 109 Å². The molecule has 0 unspecified atom stereocenters. The van der Waals surface area contributed by atoms with Crippen LogP contribution in [0.15, 0.2) is 85.1 Å². The molecule has 2 bridgehead atoms. The number of aliphatic hydroxyl groups excluding tert-OH is 9. The van der Waals surface area contributed by atoms with E-state index in [-0.39, 0.29) is 58.0 Å². The number of fused-ring (bicyclic) bond motifs is 2. The van der Waals surface area contributed by atoms with Crippen LogP contribution in [0.1, 0.15) is 79.1 Å². The molecule has 19 atom stereocenters. The normalized spacial score (nSPS) is 35.2. The second kappa shape index (κ2) is 42.2. The van der Waals surface area contributed by atoms with Crippen molar-refractivity contribution in [2.75, 3.05) is 86.3 Å². The number of carbonyl (C=O) groups is 2. The van der Waals surface area contributed by atoms with Crippen molar-refractivity contribution in [1.82, 2.24) is 5.32 Å². The first-order chi connectivity index (χ1) is 40.2. The summed E-state index contributed by atoms with van der Waals surface area (Å²) >= 11 is 0. The first kappa shape index (κ1) is 74.6. The molecule has 482 valence electrons. The van der Waals surface area contributed by atoms with E-state index in [0.29, 0.717) is 52.9 Å². The van der Waals surface area contributed by atoms with Gasteiger partial charge in [0.05, 0.1) is 158 Å². The van der Waals surface area contributed by atoms with Crippen LogP contribution in [0.4, 0.5) is 0 Å². The largest absolute Gasteiger partial charge is 0.462 e. The van der Waals surface area contributed by atoms with Crippen LogP contribution < -0.4 is 11.1 Å². The number of aliphatic hydroxyl groups is 10. The van der Waals surface area contributed by atoms with Crippen molar-refractivity contribution in [3.05, 3.63) is 85.1 Å². The van der Waals surface area contributed by atoms with Crippen molar-refractivity contribution >= 4 is 11.9 Å². The number of nitrogens with one attached hydrogen (secondary N) is 1. The van der Waals surface area contributed by atoms with Crippen molar-refractivity contribution < 1.29 is 108 Å². The molecule has 3 aliphatic heterocycles. The molecule has 0 aliphatic carbocycles. The van der Waals surface area contributed by atoms with Crippen LogP contribution in [0.25, 0.3) is 0 Å². The summed E-state index contributed by atoms with van der Waals surface area (Å²) in [6.07, 6.45) is 4.09. The Balaban J connectivity index is 1.79. The Labute approximate surface area is 495 Å². The summed E-state index contributed by atoms with van der Waals surface area (Å²) in [6.45, 7) is 10.7. The number of ether oxygens (including phenoxy) is 10. The Morgan fingerprint density at radius 1 is 0.595 bits per heavy atom. The van der Waals surface area contributed by atoms with Gasteiger partial charge in [-0.05, 0) is 33.1 Å². The lowest BCUT2D eigenvalue weighted by atomic mass is 9.82. The lowest BCUT2D eigenvalue weighted by Crippen LogP contribution is -2.62. The molecule has 0 saturated carbocycles. The minimum absolute atomic E-state index is 0.0141. The third kappa shape index (κ3) is 29.8. The lowest BCUT2D eigenvalue weighted by molar-refractivity contribution is -0.307. The van der Waals surface area contributed by atoms with Crippen LogP contribution in [0, 0.1) is 17.8 Å². The van der Waals surface area contributed by atoms with Gasteiger partial charge in [-0.15, -0.1) is 0 Å². The highest BCUT2D eigenvalue weighted by Gasteiger charge is 2.51. The molecule has 0 aromatic carbocycles. The lowest BCUT2D eigenvalue weighted by Gasteiger charge is -2.46. The van der Waals surface area contributed by atoms with Crippen LogP contribution in [-0.4, -0.2) is 247 Å². The van der Waals surface area contributed by atoms with E-state index in [1.54, 1.807) is 82.6 Å². The smallest absolute Gasteiger partial charge is 0.308 e. The summed E-state index contributed by atoms with van der Waals surface area (Å²) in [5, 5.41) is 113. The zero-order valence-corrected chi connectivity index (χ0v) is 49.6. The zero-order chi connectivity index (χ0) is 61.9. The fourth-order valence-electron chi connectivity index (χ4n) is 9.48. The first-order valence-corrected chi connectivity index (χ1v) is 29.3. The highest BCUT2D eigenvalue weighted by molar-refractivity contribution is 5.80. The summed E-state index contributed by atoms with van der Waals surface area (Å²) < 4.78 is 56.3. The maximum absolute atomic E-state index is 14.1. The van der Waals surface area contributed by atoms with Gasteiger partial charge in [0.2, 0.25) is 5.91 Å². The summed E-state index contributed by atoms with van der Waals surface area (Å²) in [7, 11) is 1.60. The Kier molecular flexibility index (Phi) is 37.5. The second-order valence-electron chi connectivity index (χ2n) is 21.6. The molecule has 2 saturated heterocycles. The molecule has 1 amide bonds. The highest BCUT2D eigenvalue weighted by atomic mass is 16.7. The van der Waals surface area contributed by atoms with E-state index in [9.17, 15) is 60.7 Å². The summed E-state index contributed by atoms with van der Waals surface area (Å²) in [4.78, 5) is 26.8. The van der Waals surface area contributed by atoms with Gasteiger partial charge in [-0.2, -0.15) is 0 Å². The van der Waals surface area contributed by atoms with Crippen molar-refractivity contribution in [3.8, 4) is 0 Å². The molecule has 24 heteroatoms. The van der Waals surface area contributed by atoms with Crippen LogP contribution in [0.2, 0.25) is 0 Å². The summed E-state index contributed by atoms with van der Waals surface area (Å²) in [5.74, 6) is -5.82. The molecular formula is C60H100N2O22. The second-order valence-corrected chi connectivity index (χ2v) is 21.6. The van der Waals surface area contributed by atoms with Gasteiger partial charge in [0.15, 0.2) is 12.1 Å². The standard InChI is InChI=1S/C60H100N2O22/c1-40-18-16-14-12-10-8-6-7-9-11-13-15-17-19-47(83-59-57(72)54(61)56(71)43(4)82-59)37-51-53(58(73)62-22-23-76-26-27-78-30-31-80-33-32-79-29-28-77-25-24-75-5)50(68)39-60(74,84-51)38-46(65)34-44(63)20-21-48(66)49(67)35-45(64)36-52(69)81-42(3)41(2)55(40)70/h6-19,40-51,53-57,59,63-68,70-72,74H,20-39,61H2,1-5H3,(H,62,73)/t40-,41+,42-,43+,44-,45+,46-,47-,48-,49-,50-,51-,53+,54-,55+,56+,57-,59-,60+/m0/s1. The third-order valence-electron chi connectivity index (χ3n) is 14.5. The Morgan fingerprint density at radius 3 is 1.68 bits per heavy atom. The van der Waals surface area contributed by atoms with E-state index in [0.717, 1.165) is 0 Å². The topological polar surface area (TPSA) is 367 Å². The van der Waals surface area contributed by atoms with Crippen molar-refractivity contribution in [2.24, 2.45) is 23.5 Å². The molecule has 0 radical (unpaired) electrons.